The molecule has 3 aromatic heterocycles. The van der Waals surface area contributed by atoms with Gasteiger partial charge in [-0.15, -0.1) is 0 Å². The number of furan rings is 1. The van der Waals surface area contributed by atoms with Crippen LogP contribution in [0.5, 0.6) is 23.0 Å². The van der Waals surface area contributed by atoms with Crippen molar-refractivity contribution in [3.63, 3.8) is 0 Å². The van der Waals surface area contributed by atoms with E-state index in [1.54, 1.807) is 0 Å². The zero-order valence-electron chi connectivity index (χ0n) is 67.3. The van der Waals surface area contributed by atoms with Crippen LogP contribution < -0.4 is 9.47 Å². The third-order valence-corrected chi connectivity index (χ3v) is 25.8. The van der Waals surface area contributed by atoms with E-state index in [2.05, 4.69) is 376 Å². The van der Waals surface area contributed by atoms with E-state index in [9.17, 15) is 0 Å². The minimum Gasteiger partial charge on any atom is -0.456 e. The Balaban J connectivity index is 0.588. The van der Waals surface area contributed by atoms with Gasteiger partial charge in [-0.2, -0.15) is 0 Å². The SMILES string of the molecule is c1ccc(-c2cccc(-c3nc(-c4cccc(-c5ccccc5)c4)nc(-c4cccc(-c5cccc6c5Oc5cc(-c7ccc(-c8ccc(-c9nc(-c%10ccccc%10)nc(-c%10cccc(-c%11cccc%12c%11Oc%11ccccc%11C%12%11c%12ccccc%12-c%12ccccc%12%11)c%10)n9)cc8)c8oc9ccccc9c78)ccc5C65c6ccccc6-c6ccccc65)c4)n3)c2)cc1. The zero-order chi connectivity index (χ0) is 82.3. The van der Waals surface area contributed by atoms with Crippen molar-refractivity contribution in [2.24, 2.45) is 0 Å². The first-order valence-corrected chi connectivity index (χ1v) is 42.3. The lowest BCUT2D eigenvalue weighted by atomic mass is 9.65. The number of ether oxygens (including phenoxy) is 2. The molecule has 0 fully saturated rings. The van der Waals surface area contributed by atoms with E-state index in [0.717, 1.165) is 167 Å². The first kappa shape index (κ1) is 71.3. The van der Waals surface area contributed by atoms with Crippen LogP contribution in [0.4, 0.5) is 0 Å². The lowest BCUT2D eigenvalue weighted by Gasteiger charge is -2.40. The zero-order valence-corrected chi connectivity index (χ0v) is 67.3. The molecule has 21 aromatic rings. The van der Waals surface area contributed by atoms with Crippen molar-refractivity contribution in [1.82, 2.24) is 29.9 Å². The lowest BCUT2D eigenvalue weighted by Crippen LogP contribution is -2.32. The monoisotopic (exact) mass is 1590 g/mol. The molecule has 18 aromatic carbocycles. The molecular weight excluding hydrogens is 1530 g/mol. The van der Waals surface area contributed by atoms with Crippen molar-refractivity contribution >= 4 is 21.9 Å². The van der Waals surface area contributed by atoms with Crippen molar-refractivity contribution in [2.75, 3.05) is 0 Å². The van der Waals surface area contributed by atoms with Crippen molar-refractivity contribution in [1.29, 1.82) is 0 Å². The average Bonchev–Trinajstić information content (AvgIpc) is 1.54. The Kier molecular flexibility index (Phi) is 16.3. The number of nitrogens with zero attached hydrogens (tertiary/aromatic N) is 6. The van der Waals surface area contributed by atoms with Crippen LogP contribution in [-0.4, -0.2) is 29.9 Å². The molecule has 0 saturated carbocycles. The number of hydrogen-bond acceptors (Lipinski definition) is 9. The summed E-state index contributed by atoms with van der Waals surface area (Å²) in [7, 11) is 0. The van der Waals surface area contributed by atoms with E-state index in [1.165, 1.54) is 44.5 Å². The van der Waals surface area contributed by atoms with Gasteiger partial charge in [0.1, 0.15) is 34.2 Å². The maximum atomic E-state index is 7.72. The van der Waals surface area contributed by atoms with Gasteiger partial charge < -0.3 is 13.9 Å². The molecule has 2 aliphatic heterocycles. The number of fused-ring (bicyclic) bond motifs is 21. The maximum absolute atomic E-state index is 7.72. The molecule has 4 aliphatic rings. The molecule has 0 unspecified atom stereocenters. The fourth-order valence-corrected chi connectivity index (χ4v) is 20.2. The third-order valence-electron chi connectivity index (χ3n) is 25.8. The molecule has 0 amide bonds. The smallest absolute Gasteiger partial charge is 0.164 e. The molecule has 0 atom stereocenters. The Bertz CT molecular complexity index is 7810. The Hall–Kier alpha value is -16.6. The fraction of sp³-hybridized carbons (Fsp3) is 0.0172. The largest absolute Gasteiger partial charge is 0.456 e. The molecule has 0 saturated heterocycles. The molecule has 0 N–H and O–H groups in total. The number of hydrogen-bond donors (Lipinski definition) is 0. The van der Waals surface area contributed by atoms with Crippen LogP contribution in [0.3, 0.4) is 0 Å². The van der Waals surface area contributed by atoms with Crippen LogP contribution in [-0.2, 0) is 10.8 Å². The van der Waals surface area contributed by atoms with Crippen molar-refractivity contribution in [2.45, 2.75) is 10.8 Å². The second-order valence-electron chi connectivity index (χ2n) is 32.5. The summed E-state index contributed by atoms with van der Waals surface area (Å²) in [6, 6.07) is 150. The first-order chi connectivity index (χ1) is 61.9. The van der Waals surface area contributed by atoms with E-state index in [1.807, 2.05) is 48.5 Å². The van der Waals surface area contributed by atoms with Gasteiger partial charge in [-0.05, 0) is 143 Å². The van der Waals surface area contributed by atoms with Gasteiger partial charge in [0, 0.05) is 83.1 Å². The molecule has 25 rings (SSSR count). The van der Waals surface area contributed by atoms with Gasteiger partial charge in [-0.1, -0.05) is 376 Å². The first-order valence-electron chi connectivity index (χ1n) is 42.3. The Labute approximate surface area is 721 Å². The van der Waals surface area contributed by atoms with E-state index in [4.69, 9.17) is 43.8 Å². The van der Waals surface area contributed by atoms with Gasteiger partial charge in [-0.25, -0.2) is 29.9 Å². The summed E-state index contributed by atoms with van der Waals surface area (Å²) in [4.78, 5) is 31.9. The second-order valence-corrected chi connectivity index (χ2v) is 32.5. The number of aromatic nitrogens is 6. The van der Waals surface area contributed by atoms with Gasteiger partial charge in [0.2, 0.25) is 0 Å². The minimum atomic E-state index is -0.775. The van der Waals surface area contributed by atoms with E-state index in [0.29, 0.717) is 34.9 Å². The Morgan fingerprint density at radius 2 is 0.488 bits per heavy atom. The standard InChI is InChI=1S/C116H70N6O3/c1-4-28-71(29-5-1)76-34-22-38-81(66-76)111-120-112(82-39-23-35-77(67-82)72-30-6-2-7-31-72)122-114(121-111)84-41-25-37-79(69-84)87-48-27-55-101-107(87)125-104-70-80(62-65-99(104)116(101)96-51-17-12-44-91(96)92-45-13-18-52-97(92)116)85-63-64-88(108-105(85)93-46-14-20-56-102(93)123-108)73-58-60-75(61-59-73)110-117-109(74-32-8-3-9-33-74)118-113(119-110)83-40-24-36-78(68-83)86-47-26-54-100-106(86)124-103-57-21-19-53-98(103)115(100)94-49-15-10-42-89(94)90-43-11-16-50-95(90)115/h1-70H. The third kappa shape index (κ3) is 11.3. The highest BCUT2D eigenvalue weighted by Crippen LogP contribution is 2.66. The predicted octanol–water partition coefficient (Wildman–Crippen LogP) is 28.9. The van der Waals surface area contributed by atoms with Crippen LogP contribution in [0, 0.1) is 0 Å². The highest BCUT2D eigenvalue weighted by Gasteiger charge is 2.53. The summed E-state index contributed by atoms with van der Waals surface area (Å²) in [6.07, 6.45) is 0. The van der Waals surface area contributed by atoms with Crippen molar-refractivity contribution in [3.05, 3.63) is 469 Å². The molecule has 2 spiro atoms. The molecule has 125 heavy (non-hydrogen) atoms. The van der Waals surface area contributed by atoms with E-state index < -0.39 is 10.8 Å². The molecule has 5 heterocycles. The van der Waals surface area contributed by atoms with Gasteiger partial charge in [-0.3, -0.25) is 0 Å². The summed E-state index contributed by atoms with van der Waals surface area (Å²) in [5.41, 5.74) is 31.5. The van der Waals surface area contributed by atoms with Gasteiger partial charge in [0.15, 0.2) is 34.9 Å². The summed E-state index contributed by atoms with van der Waals surface area (Å²) >= 11 is 0. The highest BCUT2D eigenvalue weighted by molar-refractivity contribution is 6.16. The summed E-state index contributed by atoms with van der Waals surface area (Å²) in [5.74, 6) is 6.53. The topological polar surface area (TPSA) is 109 Å². The van der Waals surface area contributed by atoms with Crippen LogP contribution >= 0.6 is 0 Å². The van der Waals surface area contributed by atoms with Crippen LogP contribution in [0.2, 0.25) is 0 Å². The molecule has 582 valence electrons. The lowest BCUT2D eigenvalue weighted by molar-refractivity contribution is 0.438. The normalized spacial score (nSPS) is 13.1. The van der Waals surface area contributed by atoms with Gasteiger partial charge >= 0.3 is 0 Å². The maximum Gasteiger partial charge on any atom is 0.164 e. The fourth-order valence-electron chi connectivity index (χ4n) is 20.2. The van der Waals surface area contributed by atoms with Crippen LogP contribution in [0.15, 0.2) is 429 Å². The van der Waals surface area contributed by atoms with Crippen molar-refractivity contribution in [3.8, 4) is 180 Å². The molecule has 9 nitrogen and oxygen atoms in total. The van der Waals surface area contributed by atoms with Crippen molar-refractivity contribution < 1.29 is 13.9 Å². The van der Waals surface area contributed by atoms with Crippen LogP contribution in [0.25, 0.3) is 179 Å². The Morgan fingerprint density at radius 3 is 0.976 bits per heavy atom. The highest BCUT2D eigenvalue weighted by atomic mass is 16.5. The van der Waals surface area contributed by atoms with Crippen LogP contribution in [0.1, 0.15) is 44.5 Å². The summed E-state index contributed by atoms with van der Waals surface area (Å²) < 4.78 is 22.0. The molecular formula is C116H70N6O3. The number of benzene rings is 18. The summed E-state index contributed by atoms with van der Waals surface area (Å²) in [6.45, 7) is 0. The number of para-hydroxylation sites is 4. The molecule has 9 heteroatoms. The Morgan fingerprint density at radius 1 is 0.176 bits per heavy atom. The van der Waals surface area contributed by atoms with E-state index in [-0.39, 0.29) is 0 Å². The molecule has 0 radical (unpaired) electrons. The number of rotatable bonds is 12. The minimum absolute atomic E-state index is 0.544. The molecule has 2 aliphatic carbocycles. The second kappa shape index (κ2) is 28.5. The van der Waals surface area contributed by atoms with Gasteiger partial charge in [0.25, 0.3) is 0 Å². The quantitative estimate of drug-likeness (QED) is 0.118. The van der Waals surface area contributed by atoms with Gasteiger partial charge in [0.05, 0.1) is 10.8 Å². The predicted molar refractivity (Wildman–Crippen MR) is 500 cm³/mol. The average molecular weight is 1600 g/mol. The molecule has 0 bridgehead atoms. The van der Waals surface area contributed by atoms with E-state index >= 15 is 0 Å². The summed E-state index contributed by atoms with van der Waals surface area (Å²) in [5, 5.41) is 2.00.